The summed E-state index contributed by atoms with van der Waals surface area (Å²) >= 11 is 0. The van der Waals surface area contributed by atoms with E-state index in [9.17, 15) is 9.59 Å². The Morgan fingerprint density at radius 3 is 2.68 bits per heavy atom. The topological polar surface area (TPSA) is 56.3 Å². The largest absolute Gasteiger partial charge is 0.466 e. The number of ether oxygens (including phenoxy) is 1. The summed E-state index contributed by atoms with van der Waals surface area (Å²) in [7, 11) is 0. The van der Waals surface area contributed by atoms with Crippen molar-refractivity contribution in [2.24, 2.45) is 0 Å². The van der Waals surface area contributed by atoms with E-state index in [0.29, 0.717) is 19.4 Å². The monoisotopic (exact) mass is 299 g/mol. The van der Waals surface area contributed by atoms with Crippen LogP contribution in [0.3, 0.4) is 0 Å². The van der Waals surface area contributed by atoms with Gasteiger partial charge in [-0.05, 0) is 24.6 Å². The standard InChI is InChI=1S/C18H21NO3/c1-3-16(20)10-14(11-18(21)22-4-2)15-9-13-7-5-6-8-17(13)19-12-15/h5-9,12,14H,3-4,10-11H2,1-2H3. The molecular formula is C18H21NO3. The van der Waals surface area contributed by atoms with E-state index in [2.05, 4.69) is 4.98 Å². The minimum atomic E-state index is -0.274. The van der Waals surface area contributed by atoms with Crippen LogP contribution in [-0.4, -0.2) is 23.3 Å². The van der Waals surface area contributed by atoms with Crippen LogP contribution >= 0.6 is 0 Å². The molecule has 0 aliphatic heterocycles. The van der Waals surface area contributed by atoms with Gasteiger partial charge in [-0.2, -0.15) is 0 Å². The summed E-state index contributed by atoms with van der Waals surface area (Å²) in [5, 5.41) is 1.01. The molecule has 2 rings (SSSR count). The van der Waals surface area contributed by atoms with Crippen molar-refractivity contribution in [2.75, 3.05) is 6.61 Å². The smallest absolute Gasteiger partial charge is 0.306 e. The van der Waals surface area contributed by atoms with Gasteiger partial charge in [0.15, 0.2) is 0 Å². The van der Waals surface area contributed by atoms with Gasteiger partial charge in [-0.25, -0.2) is 0 Å². The van der Waals surface area contributed by atoms with E-state index in [1.165, 1.54) is 0 Å². The van der Waals surface area contributed by atoms with Crippen LogP contribution in [0.2, 0.25) is 0 Å². The molecule has 0 bridgehead atoms. The van der Waals surface area contributed by atoms with Crippen LogP contribution in [0.4, 0.5) is 0 Å². The lowest BCUT2D eigenvalue weighted by molar-refractivity contribution is -0.143. The van der Waals surface area contributed by atoms with Gasteiger partial charge >= 0.3 is 5.97 Å². The van der Waals surface area contributed by atoms with Crippen LogP contribution in [0.15, 0.2) is 36.5 Å². The minimum absolute atomic E-state index is 0.141. The number of hydrogen-bond acceptors (Lipinski definition) is 4. The molecule has 0 aliphatic carbocycles. The Hall–Kier alpha value is -2.23. The third-order valence-corrected chi connectivity index (χ3v) is 3.67. The molecule has 4 nitrogen and oxygen atoms in total. The van der Waals surface area contributed by atoms with E-state index in [1.807, 2.05) is 37.3 Å². The summed E-state index contributed by atoms with van der Waals surface area (Å²) in [5.74, 6) is -0.310. The zero-order valence-electron chi connectivity index (χ0n) is 13.0. The van der Waals surface area contributed by atoms with Crippen LogP contribution in [0.5, 0.6) is 0 Å². The molecule has 0 fully saturated rings. The number of carbonyl (C=O) groups is 2. The lowest BCUT2D eigenvalue weighted by Crippen LogP contribution is -2.14. The summed E-state index contributed by atoms with van der Waals surface area (Å²) in [6.07, 6.45) is 2.78. The van der Waals surface area contributed by atoms with E-state index in [-0.39, 0.29) is 24.1 Å². The number of fused-ring (bicyclic) bond motifs is 1. The van der Waals surface area contributed by atoms with Crippen molar-refractivity contribution < 1.29 is 14.3 Å². The summed E-state index contributed by atoms with van der Waals surface area (Å²) in [6, 6.07) is 9.82. The lowest BCUT2D eigenvalue weighted by atomic mass is 9.90. The predicted octanol–water partition coefficient (Wildman–Crippen LogP) is 3.64. The number of nitrogens with zero attached hydrogens (tertiary/aromatic N) is 1. The molecule has 0 N–H and O–H groups in total. The average molecular weight is 299 g/mol. The fraction of sp³-hybridized carbons (Fsp3) is 0.389. The fourth-order valence-corrected chi connectivity index (χ4v) is 2.46. The Bertz CT molecular complexity index is 666. The Morgan fingerprint density at radius 2 is 1.95 bits per heavy atom. The number of para-hydroxylation sites is 1. The molecule has 4 heteroatoms. The van der Waals surface area contributed by atoms with Gasteiger partial charge in [-0.3, -0.25) is 14.6 Å². The van der Waals surface area contributed by atoms with Gasteiger partial charge in [-0.15, -0.1) is 0 Å². The lowest BCUT2D eigenvalue weighted by Gasteiger charge is -2.16. The van der Waals surface area contributed by atoms with Crippen molar-refractivity contribution in [2.45, 2.75) is 39.0 Å². The maximum atomic E-state index is 11.8. The maximum Gasteiger partial charge on any atom is 0.306 e. The van der Waals surface area contributed by atoms with E-state index in [1.54, 1.807) is 13.1 Å². The number of pyridine rings is 1. The number of rotatable bonds is 7. The van der Waals surface area contributed by atoms with Gasteiger partial charge in [0.2, 0.25) is 0 Å². The van der Waals surface area contributed by atoms with Crippen molar-refractivity contribution in [1.82, 2.24) is 4.98 Å². The van der Waals surface area contributed by atoms with Crippen molar-refractivity contribution in [1.29, 1.82) is 0 Å². The number of ketones is 1. The van der Waals surface area contributed by atoms with Crippen molar-refractivity contribution in [3.05, 3.63) is 42.1 Å². The van der Waals surface area contributed by atoms with Crippen molar-refractivity contribution in [3.63, 3.8) is 0 Å². The zero-order valence-corrected chi connectivity index (χ0v) is 13.0. The molecule has 1 heterocycles. The molecule has 1 atom stereocenters. The highest BCUT2D eigenvalue weighted by Crippen LogP contribution is 2.27. The third-order valence-electron chi connectivity index (χ3n) is 3.67. The van der Waals surface area contributed by atoms with Crippen LogP contribution < -0.4 is 0 Å². The van der Waals surface area contributed by atoms with Crippen LogP contribution in [0.25, 0.3) is 10.9 Å². The number of benzene rings is 1. The van der Waals surface area contributed by atoms with Crippen molar-refractivity contribution in [3.8, 4) is 0 Å². The summed E-state index contributed by atoms with van der Waals surface area (Å²) in [5.41, 5.74) is 1.82. The first kappa shape index (κ1) is 16.1. The van der Waals surface area contributed by atoms with E-state index in [4.69, 9.17) is 4.74 Å². The number of Topliss-reactive ketones (excluding diaryl/α,β-unsaturated/α-hetero) is 1. The first-order chi connectivity index (χ1) is 10.6. The number of hydrogen-bond donors (Lipinski definition) is 0. The number of carbonyl (C=O) groups excluding carboxylic acids is 2. The average Bonchev–Trinajstić information content (AvgIpc) is 2.53. The molecule has 0 radical (unpaired) electrons. The second-order valence-electron chi connectivity index (χ2n) is 5.26. The molecular weight excluding hydrogens is 278 g/mol. The maximum absolute atomic E-state index is 11.8. The Labute approximate surface area is 130 Å². The number of aromatic nitrogens is 1. The van der Waals surface area contributed by atoms with Gasteiger partial charge in [0.05, 0.1) is 18.5 Å². The first-order valence-electron chi connectivity index (χ1n) is 7.66. The van der Waals surface area contributed by atoms with Gasteiger partial charge in [-0.1, -0.05) is 25.1 Å². The fourth-order valence-electron chi connectivity index (χ4n) is 2.46. The first-order valence-corrected chi connectivity index (χ1v) is 7.66. The quantitative estimate of drug-likeness (QED) is 0.732. The van der Waals surface area contributed by atoms with Crippen LogP contribution in [0.1, 0.15) is 44.6 Å². The van der Waals surface area contributed by atoms with Crippen LogP contribution in [-0.2, 0) is 14.3 Å². The summed E-state index contributed by atoms with van der Waals surface area (Å²) in [6.45, 7) is 3.97. The minimum Gasteiger partial charge on any atom is -0.466 e. The van der Waals surface area contributed by atoms with E-state index < -0.39 is 0 Å². The molecule has 116 valence electrons. The van der Waals surface area contributed by atoms with Gasteiger partial charge in [0, 0.05) is 30.3 Å². The molecule has 0 amide bonds. The number of esters is 1. The predicted molar refractivity (Wildman–Crippen MR) is 85.6 cm³/mol. The second kappa shape index (κ2) is 7.69. The van der Waals surface area contributed by atoms with E-state index >= 15 is 0 Å². The van der Waals surface area contributed by atoms with E-state index in [0.717, 1.165) is 16.5 Å². The SMILES string of the molecule is CCOC(=O)CC(CC(=O)CC)c1cnc2ccccc2c1. The Kier molecular flexibility index (Phi) is 5.64. The summed E-state index contributed by atoms with van der Waals surface area (Å²) < 4.78 is 5.03. The molecule has 2 aromatic rings. The normalized spacial score (nSPS) is 12.1. The highest BCUT2D eigenvalue weighted by atomic mass is 16.5. The Balaban J connectivity index is 2.28. The molecule has 1 aromatic heterocycles. The molecule has 1 unspecified atom stereocenters. The van der Waals surface area contributed by atoms with Gasteiger partial charge in [0.1, 0.15) is 5.78 Å². The Morgan fingerprint density at radius 1 is 1.18 bits per heavy atom. The molecule has 22 heavy (non-hydrogen) atoms. The third kappa shape index (κ3) is 4.13. The van der Waals surface area contributed by atoms with Crippen LogP contribution in [0, 0.1) is 0 Å². The molecule has 0 saturated heterocycles. The second-order valence-corrected chi connectivity index (χ2v) is 5.26. The molecule has 0 spiro atoms. The molecule has 0 aliphatic rings. The highest BCUT2D eigenvalue weighted by molar-refractivity contribution is 5.82. The van der Waals surface area contributed by atoms with Crippen molar-refractivity contribution >= 4 is 22.7 Å². The summed E-state index contributed by atoms with van der Waals surface area (Å²) in [4.78, 5) is 28.1. The molecule has 0 saturated carbocycles. The van der Waals surface area contributed by atoms with Gasteiger partial charge in [0.25, 0.3) is 0 Å². The molecule has 1 aromatic carbocycles. The van der Waals surface area contributed by atoms with Gasteiger partial charge < -0.3 is 4.74 Å². The zero-order chi connectivity index (χ0) is 15.9. The highest BCUT2D eigenvalue weighted by Gasteiger charge is 2.20.